The Bertz CT molecular complexity index is 775. The molecule has 0 radical (unpaired) electrons. The monoisotopic (exact) mass is 307 g/mol. The van der Waals surface area contributed by atoms with Crippen LogP contribution in [-0.4, -0.2) is 59.3 Å². The standard InChI is InChI=1S/C13H17N5O4/c1-12(2)11-16-8(14)6-9(17-11)18(4-15-6)10-7(20)13(12,21)5(3-19)22-10/h4-5,7,10,19-21H,3H2,1-2H3,(H2,14,16,17)/t5-,7+,10-,13-/m1/s1. The van der Waals surface area contributed by atoms with Gasteiger partial charge in [0.2, 0.25) is 0 Å². The Labute approximate surface area is 125 Å². The van der Waals surface area contributed by atoms with E-state index >= 15 is 0 Å². The number of hydrogen-bond acceptors (Lipinski definition) is 8. The van der Waals surface area contributed by atoms with Gasteiger partial charge in [-0.05, 0) is 13.8 Å². The van der Waals surface area contributed by atoms with E-state index in [9.17, 15) is 15.3 Å². The molecule has 9 nitrogen and oxygen atoms in total. The summed E-state index contributed by atoms with van der Waals surface area (Å²) in [7, 11) is 0. The van der Waals surface area contributed by atoms with Gasteiger partial charge in [0.1, 0.15) is 29.2 Å². The summed E-state index contributed by atoms with van der Waals surface area (Å²) in [5, 5.41) is 31.5. The molecule has 0 aliphatic carbocycles. The van der Waals surface area contributed by atoms with Gasteiger partial charge in [-0.3, -0.25) is 4.57 Å². The van der Waals surface area contributed by atoms with E-state index in [0.29, 0.717) is 11.2 Å². The molecule has 0 saturated carbocycles. The molecule has 4 rings (SSSR count). The molecule has 22 heavy (non-hydrogen) atoms. The molecule has 5 N–H and O–H groups in total. The Morgan fingerprint density at radius 1 is 1.41 bits per heavy atom. The van der Waals surface area contributed by atoms with E-state index in [0.717, 1.165) is 0 Å². The van der Waals surface area contributed by atoms with Crippen LogP contribution in [0.4, 0.5) is 5.82 Å². The van der Waals surface area contributed by atoms with E-state index in [1.54, 1.807) is 13.8 Å². The first kappa shape index (κ1) is 13.8. The van der Waals surface area contributed by atoms with Crippen molar-refractivity contribution in [1.29, 1.82) is 0 Å². The zero-order valence-corrected chi connectivity index (χ0v) is 12.1. The van der Waals surface area contributed by atoms with Crippen molar-refractivity contribution in [3.8, 4) is 0 Å². The second-order valence-corrected chi connectivity index (χ2v) is 6.35. The van der Waals surface area contributed by atoms with Gasteiger partial charge < -0.3 is 25.8 Å². The van der Waals surface area contributed by atoms with E-state index in [-0.39, 0.29) is 11.6 Å². The van der Waals surface area contributed by atoms with Crippen molar-refractivity contribution in [3.05, 3.63) is 12.2 Å². The lowest BCUT2D eigenvalue weighted by Gasteiger charge is -2.43. The number of anilines is 1. The second-order valence-electron chi connectivity index (χ2n) is 6.35. The fourth-order valence-electron chi connectivity index (χ4n) is 3.51. The number of imidazole rings is 1. The first-order valence-electron chi connectivity index (χ1n) is 6.99. The summed E-state index contributed by atoms with van der Waals surface area (Å²) in [5.74, 6) is 0.468. The summed E-state index contributed by atoms with van der Waals surface area (Å²) < 4.78 is 7.22. The Kier molecular flexibility index (Phi) is 2.47. The van der Waals surface area contributed by atoms with Gasteiger partial charge in [0.25, 0.3) is 0 Å². The minimum atomic E-state index is -1.77. The van der Waals surface area contributed by atoms with Crippen LogP contribution in [0.2, 0.25) is 0 Å². The summed E-state index contributed by atoms with van der Waals surface area (Å²) in [4.78, 5) is 12.8. The Balaban J connectivity index is 2.12. The highest BCUT2D eigenvalue weighted by Gasteiger charge is 2.65. The number of aliphatic hydroxyl groups excluding tert-OH is 2. The zero-order valence-electron chi connectivity index (χ0n) is 12.1. The third-order valence-electron chi connectivity index (χ3n) is 4.96. The number of fused-ring (bicyclic) bond motifs is 4. The minimum absolute atomic E-state index is 0.201. The van der Waals surface area contributed by atoms with Gasteiger partial charge in [0.15, 0.2) is 17.7 Å². The molecule has 2 aliphatic heterocycles. The predicted octanol–water partition coefficient (Wildman–Crippen LogP) is -1.32. The maximum Gasteiger partial charge on any atom is 0.168 e. The van der Waals surface area contributed by atoms with Crippen molar-refractivity contribution in [2.45, 2.75) is 43.3 Å². The molecule has 0 spiro atoms. The van der Waals surface area contributed by atoms with E-state index in [1.807, 2.05) is 0 Å². The molecule has 2 aromatic heterocycles. The highest BCUT2D eigenvalue weighted by Crippen LogP contribution is 2.50. The summed E-state index contributed by atoms with van der Waals surface area (Å²) in [5.41, 5.74) is 3.92. The van der Waals surface area contributed by atoms with Gasteiger partial charge in [-0.15, -0.1) is 0 Å². The van der Waals surface area contributed by atoms with Gasteiger partial charge in [0.05, 0.1) is 18.3 Å². The molecule has 1 saturated heterocycles. The van der Waals surface area contributed by atoms with Crippen LogP contribution in [0.5, 0.6) is 0 Å². The molecular formula is C13H17N5O4. The zero-order chi connectivity index (χ0) is 15.9. The Morgan fingerprint density at radius 2 is 2.14 bits per heavy atom. The van der Waals surface area contributed by atoms with Crippen molar-refractivity contribution in [3.63, 3.8) is 0 Å². The molecule has 0 unspecified atom stereocenters. The molecular weight excluding hydrogens is 290 g/mol. The SMILES string of the molecule is CC1(C)c2nc(N)c3ncn(c3n2)[C@@H]2O[C@H](CO)[C@@]1(O)[C@H]2O. The fraction of sp³-hybridized carbons (Fsp3) is 0.615. The maximum absolute atomic E-state index is 11.2. The third-order valence-corrected chi connectivity index (χ3v) is 4.96. The Morgan fingerprint density at radius 3 is 2.82 bits per heavy atom. The van der Waals surface area contributed by atoms with Crippen LogP contribution in [-0.2, 0) is 10.2 Å². The van der Waals surface area contributed by atoms with E-state index in [1.165, 1.54) is 10.9 Å². The van der Waals surface area contributed by atoms with Crippen molar-refractivity contribution >= 4 is 17.0 Å². The molecule has 2 aromatic rings. The fourth-order valence-corrected chi connectivity index (χ4v) is 3.51. The molecule has 0 aromatic carbocycles. The van der Waals surface area contributed by atoms with Crippen LogP contribution in [0.3, 0.4) is 0 Å². The van der Waals surface area contributed by atoms with Crippen molar-refractivity contribution < 1.29 is 20.1 Å². The normalized spacial score (nSPS) is 35.8. The van der Waals surface area contributed by atoms with Gasteiger partial charge in [0, 0.05) is 0 Å². The lowest BCUT2D eigenvalue weighted by atomic mass is 9.68. The summed E-state index contributed by atoms with van der Waals surface area (Å²) in [6, 6.07) is 0. The highest BCUT2D eigenvalue weighted by atomic mass is 16.6. The number of aliphatic hydroxyl groups is 3. The van der Waals surface area contributed by atoms with Gasteiger partial charge in [-0.25, -0.2) is 15.0 Å². The number of nitrogen functional groups attached to an aromatic ring is 1. The van der Waals surface area contributed by atoms with Crippen LogP contribution in [0.1, 0.15) is 25.9 Å². The molecule has 9 heteroatoms. The van der Waals surface area contributed by atoms with Crippen molar-refractivity contribution in [2.75, 3.05) is 12.3 Å². The van der Waals surface area contributed by atoms with E-state index < -0.39 is 36.1 Å². The largest absolute Gasteiger partial charge is 0.394 e. The number of ether oxygens (including phenoxy) is 1. The summed E-state index contributed by atoms with van der Waals surface area (Å²) in [6.45, 7) is 2.94. The minimum Gasteiger partial charge on any atom is -0.394 e. The lowest BCUT2D eigenvalue weighted by molar-refractivity contribution is -0.136. The quantitative estimate of drug-likeness (QED) is 0.509. The summed E-state index contributed by atoms with van der Waals surface area (Å²) >= 11 is 0. The van der Waals surface area contributed by atoms with Crippen LogP contribution >= 0.6 is 0 Å². The molecule has 4 bridgehead atoms. The number of hydrogen-bond donors (Lipinski definition) is 4. The highest BCUT2D eigenvalue weighted by molar-refractivity contribution is 5.82. The molecule has 2 aliphatic rings. The third kappa shape index (κ3) is 1.30. The molecule has 118 valence electrons. The lowest BCUT2D eigenvalue weighted by Crippen LogP contribution is -2.62. The van der Waals surface area contributed by atoms with E-state index in [2.05, 4.69) is 15.0 Å². The maximum atomic E-state index is 11.2. The van der Waals surface area contributed by atoms with Gasteiger partial charge in [-0.2, -0.15) is 0 Å². The van der Waals surface area contributed by atoms with E-state index in [4.69, 9.17) is 10.5 Å². The average Bonchev–Trinajstić information content (AvgIpc) is 3.00. The van der Waals surface area contributed by atoms with Crippen LogP contribution in [0.25, 0.3) is 11.2 Å². The van der Waals surface area contributed by atoms with Crippen LogP contribution in [0, 0.1) is 0 Å². The second kappa shape index (κ2) is 3.93. The number of nitrogens with zero attached hydrogens (tertiary/aromatic N) is 4. The molecule has 1 fully saturated rings. The first-order chi connectivity index (χ1) is 10.3. The van der Waals surface area contributed by atoms with Crippen LogP contribution in [0.15, 0.2) is 6.33 Å². The van der Waals surface area contributed by atoms with Gasteiger partial charge >= 0.3 is 0 Å². The first-order valence-corrected chi connectivity index (χ1v) is 6.99. The number of aromatic nitrogens is 4. The topological polar surface area (TPSA) is 140 Å². The predicted molar refractivity (Wildman–Crippen MR) is 74.7 cm³/mol. The average molecular weight is 307 g/mol. The van der Waals surface area contributed by atoms with Gasteiger partial charge in [-0.1, -0.05) is 0 Å². The number of rotatable bonds is 1. The van der Waals surface area contributed by atoms with Crippen molar-refractivity contribution in [1.82, 2.24) is 19.5 Å². The van der Waals surface area contributed by atoms with Crippen LogP contribution < -0.4 is 5.73 Å². The number of nitrogens with two attached hydrogens (primary N) is 1. The van der Waals surface area contributed by atoms with Crippen molar-refractivity contribution in [2.24, 2.45) is 0 Å². The Hall–Kier alpha value is -1.81. The molecule has 0 amide bonds. The molecule has 4 atom stereocenters. The summed E-state index contributed by atoms with van der Waals surface area (Å²) in [6.07, 6.45) is -1.74. The smallest absolute Gasteiger partial charge is 0.168 e. The molecule has 4 heterocycles.